The van der Waals surface area contributed by atoms with Crippen molar-refractivity contribution < 1.29 is 0 Å². The van der Waals surface area contributed by atoms with Crippen molar-refractivity contribution in [1.29, 1.82) is 0 Å². The van der Waals surface area contributed by atoms with Crippen molar-refractivity contribution in [2.45, 2.75) is 39.0 Å². The average molecular weight is 217 g/mol. The molecule has 1 aromatic carbocycles. The van der Waals surface area contributed by atoms with Crippen LogP contribution in [0.2, 0.25) is 0 Å². The Morgan fingerprint density at radius 3 is 2.50 bits per heavy atom. The highest BCUT2D eigenvalue weighted by Gasteiger charge is 2.30. The molecule has 0 radical (unpaired) electrons. The van der Waals surface area contributed by atoms with Crippen LogP contribution >= 0.6 is 0 Å². The van der Waals surface area contributed by atoms with Crippen molar-refractivity contribution in [3.8, 4) is 0 Å². The van der Waals surface area contributed by atoms with Gasteiger partial charge in [-0.15, -0.1) is 0 Å². The zero-order valence-corrected chi connectivity index (χ0v) is 10.5. The molecule has 0 spiro atoms. The van der Waals surface area contributed by atoms with Crippen LogP contribution in [0, 0.1) is 5.41 Å². The predicted octanol–water partition coefficient (Wildman–Crippen LogP) is 3.57. The van der Waals surface area contributed by atoms with Crippen LogP contribution in [0.15, 0.2) is 30.3 Å². The molecule has 1 heteroatoms. The smallest absolute Gasteiger partial charge is 0.00177 e. The number of nitrogens with one attached hydrogen (secondary N) is 1. The summed E-state index contributed by atoms with van der Waals surface area (Å²) >= 11 is 0. The fourth-order valence-electron chi connectivity index (χ4n) is 2.45. The number of hydrogen-bond acceptors (Lipinski definition) is 1. The van der Waals surface area contributed by atoms with Gasteiger partial charge in [-0.2, -0.15) is 0 Å². The molecular formula is C15H23N. The summed E-state index contributed by atoms with van der Waals surface area (Å²) in [5.74, 6) is 0.616. The third-order valence-corrected chi connectivity index (χ3v) is 3.93. The van der Waals surface area contributed by atoms with Crippen LogP contribution in [0.5, 0.6) is 0 Å². The van der Waals surface area contributed by atoms with E-state index in [-0.39, 0.29) is 0 Å². The Morgan fingerprint density at radius 2 is 1.94 bits per heavy atom. The summed E-state index contributed by atoms with van der Waals surface area (Å²) in [5.41, 5.74) is 2.03. The molecule has 16 heavy (non-hydrogen) atoms. The third kappa shape index (κ3) is 2.85. The molecule has 1 nitrogen and oxygen atoms in total. The largest absolute Gasteiger partial charge is 0.316 e. The van der Waals surface area contributed by atoms with Gasteiger partial charge >= 0.3 is 0 Å². The second kappa shape index (κ2) is 5.01. The molecule has 1 aliphatic rings. The monoisotopic (exact) mass is 217 g/mol. The maximum atomic E-state index is 3.63. The fraction of sp³-hybridized carbons (Fsp3) is 0.600. The van der Waals surface area contributed by atoms with Crippen molar-refractivity contribution in [2.75, 3.05) is 13.1 Å². The molecule has 0 bridgehead atoms. The SMILES string of the molecule is CC(CNCC1(C)CCC1)c1ccccc1. The van der Waals surface area contributed by atoms with Gasteiger partial charge in [0.05, 0.1) is 0 Å². The summed E-state index contributed by atoms with van der Waals surface area (Å²) in [6.07, 6.45) is 4.23. The van der Waals surface area contributed by atoms with E-state index >= 15 is 0 Å². The van der Waals surface area contributed by atoms with Crippen LogP contribution in [-0.4, -0.2) is 13.1 Å². The van der Waals surface area contributed by atoms with E-state index in [1.165, 1.54) is 31.4 Å². The van der Waals surface area contributed by atoms with Gasteiger partial charge in [-0.3, -0.25) is 0 Å². The summed E-state index contributed by atoms with van der Waals surface area (Å²) in [6, 6.07) is 10.8. The van der Waals surface area contributed by atoms with Gasteiger partial charge in [-0.05, 0) is 29.7 Å². The molecule has 0 aromatic heterocycles. The van der Waals surface area contributed by atoms with E-state index < -0.39 is 0 Å². The number of hydrogen-bond donors (Lipinski definition) is 1. The molecule has 0 aliphatic heterocycles. The first-order valence-corrected chi connectivity index (χ1v) is 6.45. The highest BCUT2D eigenvalue weighted by molar-refractivity contribution is 5.18. The quantitative estimate of drug-likeness (QED) is 0.795. The van der Waals surface area contributed by atoms with E-state index in [9.17, 15) is 0 Å². The van der Waals surface area contributed by atoms with E-state index in [1.807, 2.05) is 0 Å². The summed E-state index contributed by atoms with van der Waals surface area (Å²) in [5, 5.41) is 3.63. The molecule has 1 aliphatic carbocycles. The van der Waals surface area contributed by atoms with Crippen molar-refractivity contribution >= 4 is 0 Å². The molecule has 1 saturated carbocycles. The first-order valence-electron chi connectivity index (χ1n) is 6.45. The second-order valence-electron chi connectivity index (χ2n) is 5.61. The van der Waals surface area contributed by atoms with E-state index in [4.69, 9.17) is 0 Å². The Balaban J connectivity index is 1.74. The zero-order chi connectivity index (χ0) is 11.4. The summed E-state index contributed by atoms with van der Waals surface area (Å²) in [7, 11) is 0. The van der Waals surface area contributed by atoms with E-state index in [1.54, 1.807) is 0 Å². The lowest BCUT2D eigenvalue weighted by Gasteiger charge is -2.38. The van der Waals surface area contributed by atoms with Crippen LogP contribution in [0.4, 0.5) is 0 Å². The van der Waals surface area contributed by atoms with Crippen LogP contribution < -0.4 is 5.32 Å². The van der Waals surface area contributed by atoms with Gasteiger partial charge in [-0.25, -0.2) is 0 Å². The second-order valence-corrected chi connectivity index (χ2v) is 5.61. The molecule has 1 aromatic rings. The van der Waals surface area contributed by atoms with Gasteiger partial charge in [0.15, 0.2) is 0 Å². The van der Waals surface area contributed by atoms with E-state index in [0.717, 1.165) is 6.54 Å². The van der Waals surface area contributed by atoms with Crippen LogP contribution in [0.1, 0.15) is 44.6 Å². The molecule has 1 atom stereocenters. The number of benzene rings is 1. The maximum absolute atomic E-state index is 3.63. The highest BCUT2D eigenvalue weighted by Crippen LogP contribution is 2.39. The topological polar surface area (TPSA) is 12.0 Å². The minimum Gasteiger partial charge on any atom is -0.316 e. The first kappa shape index (κ1) is 11.7. The highest BCUT2D eigenvalue weighted by atomic mass is 14.9. The van der Waals surface area contributed by atoms with Crippen molar-refractivity contribution in [3.63, 3.8) is 0 Å². The van der Waals surface area contributed by atoms with Gasteiger partial charge in [-0.1, -0.05) is 50.6 Å². The van der Waals surface area contributed by atoms with Gasteiger partial charge in [0.2, 0.25) is 0 Å². The summed E-state index contributed by atoms with van der Waals surface area (Å²) in [6.45, 7) is 6.98. The van der Waals surface area contributed by atoms with Gasteiger partial charge in [0, 0.05) is 13.1 Å². The third-order valence-electron chi connectivity index (χ3n) is 3.93. The lowest BCUT2D eigenvalue weighted by molar-refractivity contribution is 0.156. The normalized spacial score (nSPS) is 20.1. The lowest BCUT2D eigenvalue weighted by atomic mass is 9.70. The van der Waals surface area contributed by atoms with Crippen LogP contribution in [0.25, 0.3) is 0 Å². The molecule has 1 fully saturated rings. The first-order chi connectivity index (χ1) is 7.70. The van der Waals surface area contributed by atoms with E-state index in [0.29, 0.717) is 11.3 Å². The zero-order valence-electron chi connectivity index (χ0n) is 10.5. The molecule has 88 valence electrons. The van der Waals surface area contributed by atoms with Crippen LogP contribution in [0.3, 0.4) is 0 Å². The molecule has 2 rings (SSSR count). The molecule has 1 N–H and O–H groups in total. The minimum absolute atomic E-state index is 0.594. The van der Waals surface area contributed by atoms with Gasteiger partial charge < -0.3 is 5.32 Å². The number of rotatable bonds is 5. The van der Waals surface area contributed by atoms with Gasteiger partial charge in [0.25, 0.3) is 0 Å². The van der Waals surface area contributed by atoms with E-state index in [2.05, 4.69) is 49.5 Å². The fourth-order valence-corrected chi connectivity index (χ4v) is 2.45. The average Bonchev–Trinajstić information content (AvgIpc) is 2.28. The molecule has 1 unspecified atom stereocenters. The Bertz CT molecular complexity index is 313. The summed E-state index contributed by atoms with van der Waals surface area (Å²) < 4.78 is 0. The van der Waals surface area contributed by atoms with Crippen LogP contribution in [-0.2, 0) is 0 Å². The predicted molar refractivity (Wildman–Crippen MR) is 69.7 cm³/mol. The Hall–Kier alpha value is -0.820. The maximum Gasteiger partial charge on any atom is 0.00177 e. The van der Waals surface area contributed by atoms with Crippen molar-refractivity contribution in [3.05, 3.63) is 35.9 Å². The molecule has 0 heterocycles. The minimum atomic E-state index is 0.594. The summed E-state index contributed by atoms with van der Waals surface area (Å²) in [4.78, 5) is 0. The Labute approximate surface area is 99.3 Å². The molecule has 0 saturated heterocycles. The molecule has 0 amide bonds. The Morgan fingerprint density at radius 1 is 1.25 bits per heavy atom. The molecular weight excluding hydrogens is 194 g/mol. The standard InChI is InChI=1S/C15H23N/c1-13(14-7-4-3-5-8-14)11-16-12-15(2)9-6-10-15/h3-5,7-8,13,16H,6,9-12H2,1-2H3. The Kier molecular flexibility index (Phi) is 3.65. The van der Waals surface area contributed by atoms with Gasteiger partial charge in [0.1, 0.15) is 0 Å². The van der Waals surface area contributed by atoms with Crippen molar-refractivity contribution in [2.24, 2.45) is 5.41 Å². The lowest BCUT2D eigenvalue weighted by Crippen LogP contribution is -2.38. The van der Waals surface area contributed by atoms with Crippen molar-refractivity contribution in [1.82, 2.24) is 5.32 Å².